The zero-order valence-corrected chi connectivity index (χ0v) is 26.9. The minimum absolute atomic E-state index is 0.203. The zero-order valence-electron chi connectivity index (χ0n) is 26.9. The van der Waals surface area contributed by atoms with Crippen LogP contribution in [0.25, 0.3) is 0 Å². The first-order valence-corrected chi connectivity index (χ1v) is 16.9. The van der Waals surface area contributed by atoms with Gasteiger partial charge in [0.15, 0.2) is 12.1 Å². The second-order valence-corrected chi connectivity index (χ2v) is 11.9. The van der Waals surface area contributed by atoms with E-state index in [0.717, 1.165) is 38.5 Å². The summed E-state index contributed by atoms with van der Waals surface area (Å²) in [4.78, 5) is 37.6. The number of aliphatic carboxylic acids is 3. The lowest BCUT2D eigenvalue weighted by atomic mass is 9.91. The lowest BCUT2D eigenvalue weighted by Crippen LogP contribution is -2.74. The molecule has 0 aromatic rings. The number of allylic oxidation sites excluding steroid dienone is 2. The molecule has 0 aromatic carbocycles. The van der Waals surface area contributed by atoms with Crippen LogP contribution in [0.4, 0.5) is 0 Å². The maximum absolute atomic E-state index is 12.6. The molecule has 0 aliphatic rings. The average Bonchev–Trinajstić information content (AvgIpc) is 2.93. The molecular weight excluding hydrogens is 518 g/mol. The molecule has 0 saturated carbocycles. The van der Waals surface area contributed by atoms with Crippen molar-refractivity contribution in [1.82, 2.24) is 0 Å². The van der Waals surface area contributed by atoms with Gasteiger partial charge in [-0.15, -0.1) is 0 Å². The number of unbranched alkanes of at least 4 members (excludes halogenated alkanes) is 13. The van der Waals surface area contributed by atoms with Gasteiger partial charge in [0, 0.05) is 19.3 Å². The molecule has 3 unspecified atom stereocenters. The number of carbonyl (C=O) groups is 3. The first-order valence-electron chi connectivity index (χ1n) is 16.9. The van der Waals surface area contributed by atoms with E-state index in [-0.39, 0.29) is 25.8 Å². The van der Waals surface area contributed by atoms with Crippen molar-refractivity contribution in [1.29, 1.82) is 0 Å². The summed E-state index contributed by atoms with van der Waals surface area (Å²) in [5.41, 5.74) is 0. The molecule has 0 aliphatic carbocycles. The van der Waals surface area contributed by atoms with Crippen LogP contribution in [-0.4, -0.2) is 57.3 Å². The summed E-state index contributed by atoms with van der Waals surface area (Å²) >= 11 is 0. The normalized spacial score (nSPS) is 15.4. The molecule has 0 saturated heterocycles. The number of nitrogens with zero attached hydrogens (tertiary/aromatic N) is 1. The Morgan fingerprint density at radius 3 is 1.29 bits per heavy atom. The summed E-state index contributed by atoms with van der Waals surface area (Å²) in [5.74, 6) is -3.57. The molecule has 3 atom stereocenters. The molecule has 0 radical (unpaired) electrons. The molecule has 41 heavy (non-hydrogen) atoms. The second-order valence-electron chi connectivity index (χ2n) is 11.9. The quantitative estimate of drug-likeness (QED) is 0.0532. The zero-order chi connectivity index (χ0) is 30.9. The van der Waals surface area contributed by atoms with Crippen molar-refractivity contribution in [2.24, 2.45) is 0 Å². The van der Waals surface area contributed by atoms with Crippen LogP contribution in [-0.2, 0) is 14.4 Å². The molecule has 0 aliphatic heterocycles. The molecule has 0 amide bonds. The molecule has 0 rings (SSSR count). The Morgan fingerprint density at radius 2 is 0.927 bits per heavy atom. The van der Waals surface area contributed by atoms with Crippen molar-refractivity contribution in [2.75, 3.05) is 6.54 Å². The number of hydrogen-bond donors (Lipinski definition) is 2. The fourth-order valence-electron chi connectivity index (χ4n) is 6.44. The number of carboxylic acids is 3. The van der Waals surface area contributed by atoms with Crippen LogP contribution in [0.1, 0.15) is 163 Å². The van der Waals surface area contributed by atoms with Crippen molar-refractivity contribution in [3.05, 3.63) is 12.2 Å². The summed E-state index contributed by atoms with van der Waals surface area (Å²) in [6, 6.07) is -3.34. The van der Waals surface area contributed by atoms with Gasteiger partial charge in [-0.2, -0.15) is 0 Å². The maximum Gasteiger partial charge on any atom is 0.362 e. The highest BCUT2D eigenvalue weighted by molar-refractivity contribution is 5.77. The molecule has 0 bridgehead atoms. The van der Waals surface area contributed by atoms with Gasteiger partial charge in [0.05, 0.1) is 12.5 Å². The molecular formula is C34H63NO6. The summed E-state index contributed by atoms with van der Waals surface area (Å²) < 4.78 is -0.440. The van der Waals surface area contributed by atoms with E-state index in [1.807, 2.05) is 20.8 Å². The van der Waals surface area contributed by atoms with Gasteiger partial charge in [-0.05, 0) is 51.4 Å². The molecule has 7 nitrogen and oxygen atoms in total. The number of carboxylic acid groups (broad SMARTS) is 3. The van der Waals surface area contributed by atoms with Crippen LogP contribution >= 0.6 is 0 Å². The minimum atomic E-state index is -1.34. The summed E-state index contributed by atoms with van der Waals surface area (Å²) in [5, 5.41) is 33.0. The predicted molar refractivity (Wildman–Crippen MR) is 166 cm³/mol. The van der Waals surface area contributed by atoms with Crippen LogP contribution in [0.3, 0.4) is 0 Å². The van der Waals surface area contributed by atoms with Gasteiger partial charge < -0.3 is 20.1 Å². The fourth-order valence-corrected chi connectivity index (χ4v) is 6.44. The second kappa shape index (κ2) is 24.7. The van der Waals surface area contributed by atoms with Gasteiger partial charge in [0.2, 0.25) is 0 Å². The van der Waals surface area contributed by atoms with Gasteiger partial charge in [0.1, 0.15) is 6.04 Å². The Morgan fingerprint density at radius 1 is 0.561 bits per heavy atom. The van der Waals surface area contributed by atoms with Crippen molar-refractivity contribution in [3.8, 4) is 0 Å². The highest BCUT2D eigenvalue weighted by Crippen LogP contribution is 2.34. The van der Waals surface area contributed by atoms with E-state index in [4.69, 9.17) is 0 Å². The Labute approximate surface area is 251 Å². The van der Waals surface area contributed by atoms with E-state index < -0.39 is 40.5 Å². The third-order valence-electron chi connectivity index (χ3n) is 8.58. The van der Waals surface area contributed by atoms with Gasteiger partial charge in [-0.25, -0.2) is 9.59 Å². The molecule has 0 aromatic heterocycles. The van der Waals surface area contributed by atoms with Gasteiger partial charge >= 0.3 is 11.9 Å². The molecule has 0 heterocycles. The number of quaternary nitrogens is 1. The van der Waals surface area contributed by atoms with E-state index in [1.165, 1.54) is 51.4 Å². The lowest BCUT2D eigenvalue weighted by molar-refractivity contribution is -0.975. The largest absolute Gasteiger partial charge is 0.544 e. The minimum Gasteiger partial charge on any atom is -0.544 e. The van der Waals surface area contributed by atoms with E-state index in [9.17, 15) is 29.7 Å². The van der Waals surface area contributed by atoms with E-state index in [0.29, 0.717) is 25.7 Å². The maximum atomic E-state index is 12.6. The molecule has 0 fully saturated rings. The Bertz CT molecular complexity index is 662. The third kappa shape index (κ3) is 15.2. The Kier molecular flexibility index (Phi) is 23.5. The molecule has 240 valence electrons. The van der Waals surface area contributed by atoms with Crippen molar-refractivity contribution >= 4 is 17.9 Å². The van der Waals surface area contributed by atoms with Crippen LogP contribution in [0.5, 0.6) is 0 Å². The SMILES string of the molecule is CCCCCCCCCC/C=C/CCCCCCC[N+](C(CCC)C(=O)[O-])(C(CCC)C(=O)O)C(CCC)C(=O)O. The van der Waals surface area contributed by atoms with Crippen molar-refractivity contribution in [3.63, 3.8) is 0 Å². The molecule has 0 spiro atoms. The first-order chi connectivity index (χ1) is 19.7. The third-order valence-corrected chi connectivity index (χ3v) is 8.58. The van der Waals surface area contributed by atoms with Crippen LogP contribution in [0, 0.1) is 0 Å². The fraction of sp³-hybridized carbons (Fsp3) is 0.853. The van der Waals surface area contributed by atoms with E-state index in [2.05, 4.69) is 19.1 Å². The van der Waals surface area contributed by atoms with Crippen molar-refractivity contribution < 1.29 is 34.2 Å². The summed E-state index contributed by atoms with van der Waals surface area (Å²) in [7, 11) is 0. The molecule has 2 N–H and O–H groups in total. The van der Waals surface area contributed by atoms with Crippen LogP contribution in [0.15, 0.2) is 12.2 Å². The smallest absolute Gasteiger partial charge is 0.362 e. The number of rotatable bonds is 29. The standard InChI is InChI=1S/C34H63NO6/c1-5-9-10-11-12-13-14-15-16-17-18-19-20-21-22-23-24-28-35(29(25-6-2)32(36)37,30(26-7-3)33(38)39)31(27-8-4)34(40)41/h17-18,29-31H,5-16,19-28H2,1-4H3,(H2-,36,37,38,39,40,41)/b18-17+. The Hall–Kier alpha value is -1.89. The first kappa shape index (κ1) is 39.1. The van der Waals surface area contributed by atoms with Gasteiger partial charge in [-0.3, -0.25) is 4.48 Å². The van der Waals surface area contributed by atoms with Gasteiger partial charge in [-0.1, -0.05) is 104 Å². The Balaban J connectivity index is 5.05. The van der Waals surface area contributed by atoms with Crippen LogP contribution in [0.2, 0.25) is 0 Å². The number of hydrogen-bond acceptors (Lipinski definition) is 4. The summed E-state index contributed by atoms with van der Waals surface area (Å²) in [6.45, 7) is 8.04. The monoisotopic (exact) mass is 581 g/mol. The predicted octanol–water partition coefficient (Wildman–Crippen LogP) is 7.66. The highest BCUT2D eigenvalue weighted by Gasteiger charge is 2.54. The molecule has 7 heteroatoms. The van der Waals surface area contributed by atoms with Crippen molar-refractivity contribution in [2.45, 2.75) is 181 Å². The average molecular weight is 582 g/mol. The topological polar surface area (TPSA) is 115 Å². The highest BCUT2D eigenvalue weighted by atomic mass is 16.4. The van der Waals surface area contributed by atoms with Gasteiger partial charge in [0.25, 0.3) is 0 Å². The number of carbonyl (C=O) groups excluding carboxylic acids is 1. The summed E-state index contributed by atoms with van der Waals surface area (Å²) in [6.07, 6.45) is 24.3. The lowest BCUT2D eigenvalue weighted by Gasteiger charge is -2.52. The van der Waals surface area contributed by atoms with E-state index >= 15 is 0 Å². The van der Waals surface area contributed by atoms with E-state index in [1.54, 1.807) is 0 Å². The van der Waals surface area contributed by atoms with Crippen LogP contribution < -0.4 is 5.11 Å².